The van der Waals surface area contributed by atoms with Gasteiger partial charge in [-0.05, 0) is 33.4 Å². The Labute approximate surface area is 105 Å². The molecule has 17 heavy (non-hydrogen) atoms. The number of morpholine rings is 1. The second-order valence-electron chi connectivity index (χ2n) is 5.46. The fourth-order valence-electron chi connectivity index (χ4n) is 2.88. The minimum Gasteiger partial charge on any atom is -0.373 e. The van der Waals surface area contributed by atoms with Crippen LogP contribution >= 0.6 is 0 Å². The second-order valence-corrected chi connectivity index (χ2v) is 5.46. The normalized spacial score (nSPS) is 33.5. The van der Waals surface area contributed by atoms with E-state index in [1.807, 2.05) is 0 Å². The molecule has 0 aromatic rings. The number of hydrogen-bond donors (Lipinski definition) is 1. The first-order chi connectivity index (χ1) is 8.24. The minimum absolute atomic E-state index is 0.393. The monoisotopic (exact) mass is 241 g/mol. The summed E-state index contributed by atoms with van der Waals surface area (Å²) >= 11 is 0. The van der Waals surface area contributed by atoms with E-state index in [0.29, 0.717) is 12.2 Å². The number of hydrogen-bond acceptors (Lipinski definition) is 4. The highest BCUT2D eigenvalue weighted by molar-refractivity contribution is 4.75. The molecule has 2 atom stereocenters. The third kappa shape index (κ3) is 4.54. The zero-order valence-corrected chi connectivity index (χ0v) is 11.3. The first-order valence-corrected chi connectivity index (χ1v) is 7.05. The Hall–Kier alpha value is -0.160. The van der Waals surface area contributed by atoms with Crippen LogP contribution in [0.15, 0.2) is 0 Å². The van der Waals surface area contributed by atoms with Gasteiger partial charge in [0, 0.05) is 39.3 Å². The van der Waals surface area contributed by atoms with Crippen LogP contribution in [-0.2, 0) is 4.74 Å². The minimum atomic E-state index is 0.393. The van der Waals surface area contributed by atoms with Crippen LogP contribution < -0.4 is 5.32 Å². The SMILES string of the molecule is CC1CN(CCN2CCCNCC2)CC(C)O1. The molecule has 2 aliphatic heterocycles. The maximum Gasteiger partial charge on any atom is 0.0678 e. The van der Waals surface area contributed by atoms with E-state index >= 15 is 0 Å². The molecule has 0 radical (unpaired) electrons. The first-order valence-electron chi connectivity index (χ1n) is 7.05. The van der Waals surface area contributed by atoms with Crippen LogP contribution in [0.4, 0.5) is 0 Å². The van der Waals surface area contributed by atoms with Gasteiger partial charge < -0.3 is 15.0 Å². The molecule has 4 nitrogen and oxygen atoms in total. The molecule has 0 saturated carbocycles. The van der Waals surface area contributed by atoms with Crippen LogP contribution in [0.25, 0.3) is 0 Å². The largest absolute Gasteiger partial charge is 0.373 e. The summed E-state index contributed by atoms with van der Waals surface area (Å²) in [4.78, 5) is 5.14. The van der Waals surface area contributed by atoms with Crippen molar-refractivity contribution in [2.45, 2.75) is 32.5 Å². The lowest BCUT2D eigenvalue weighted by atomic mass is 10.2. The van der Waals surface area contributed by atoms with Gasteiger partial charge in [-0.3, -0.25) is 4.90 Å². The summed E-state index contributed by atoms with van der Waals surface area (Å²) in [6.45, 7) is 13.7. The average molecular weight is 241 g/mol. The van der Waals surface area contributed by atoms with Crippen molar-refractivity contribution in [3.05, 3.63) is 0 Å². The molecule has 2 saturated heterocycles. The highest BCUT2D eigenvalue weighted by Gasteiger charge is 2.22. The summed E-state index contributed by atoms with van der Waals surface area (Å²) < 4.78 is 5.76. The van der Waals surface area contributed by atoms with Gasteiger partial charge in [-0.2, -0.15) is 0 Å². The van der Waals surface area contributed by atoms with Crippen molar-refractivity contribution in [3.63, 3.8) is 0 Å². The first kappa shape index (κ1) is 13.3. The molecule has 0 bridgehead atoms. The predicted octanol–water partition coefficient (Wildman–Crippen LogP) is 0.391. The van der Waals surface area contributed by atoms with E-state index < -0.39 is 0 Å². The molecular formula is C13H27N3O. The lowest BCUT2D eigenvalue weighted by molar-refractivity contribution is -0.0692. The van der Waals surface area contributed by atoms with Crippen molar-refractivity contribution in [1.29, 1.82) is 0 Å². The van der Waals surface area contributed by atoms with Gasteiger partial charge in [0.1, 0.15) is 0 Å². The van der Waals surface area contributed by atoms with Gasteiger partial charge in [-0.15, -0.1) is 0 Å². The summed E-state index contributed by atoms with van der Waals surface area (Å²) in [6, 6.07) is 0. The van der Waals surface area contributed by atoms with Crippen LogP contribution in [0, 0.1) is 0 Å². The maximum absolute atomic E-state index is 5.76. The van der Waals surface area contributed by atoms with Crippen LogP contribution in [0.1, 0.15) is 20.3 Å². The molecule has 1 N–H and O–H groups in total. The highest BCUT2D eigenvalue weighted by atomic mass is 16.5. The van der Waals surface area contributed by atoms with Gasteiger partial charge in [0.05, 0.1) is 12.2 Å². The topological polar surface area (TPSA) is 27.7 Å². The Morgan fingerprint density at radius 3 is 2.47 bits per heavy atom. The molecule has 100 valence electrons. The zero-order chi connectivity index (χ0) is 12.1. The van der Waals surface area contributed by atoms with E-state index in [4.69, 9.17) is 4.74 Å². The third-order valence-corrected chi connectivity index (χ3v) is 3.66. The Balaban J connectivity index is 1.69. The van der Waals surface area contributed by atoms with E-state index in [2.05, 4.69) is 29.0 Å². The van der Waals surface area contributed by atoms with E-state index in [0.717, 1.165) is 19.6 Å². The van der Waals surface area contributed by atoms with Crippen molar-refractivity contribution in [2.75, 3.05) is 52.4 Å². The number of ether oxygens (including phenoxy) is 1. The van der Waals surface area contributed by atoms with Gasteiger partial charge in [-0.25, -0.2) is 0 Å². The number of nitrogens with zero attached hydrogens (tertiary/aromatic N) is 2. The van der Waals surface area contributed by atoms with Crippen molar-refractivity contribution in [3.8, 4) is 0 Å². The molecule has 2 fully saturated rings. The van der Waals surface area contributed by atoms with E-state index in [-0.39, 0.29) is 0 Å². The average Bonchev–Trinajstić information content (AvgIpc) is 2.53. The van der Waals surface area contributed by atoms with Gasteiger partial charge in [0.2, 0.25) is 0 Å². The molecule has 0 aliphatic carbocycles. The molecule has 2 unspecified atom stereocenters. The Morgan fingerprint density at radius 2 is 1.71 bits per heavy atom. The molecule has 2 rings (SSSR count). The molecule has 0 aromatic heterocycles. The molecule has 2 aliphatic rings. The van der Waals surface area contributed by atoms with Gasteiger partial charge in [-0.1, -0.05) is 0 Å². The lowest BCUT2D eigenvalue weighted by Gasteiger charge is -2.36. The standard InChI is InChI=1S/C13H27N3O/c1-12-10-16(11-13(2)17-12)9-8-15-6-3-4-14-5-7-15/h12-14H,3-11H2,1-2H3. The van der Waals surface area contributed by atoms with Crippen LogP contribution in [0.5, 0.6) is 0 Å². The van der Waals surface area contributed by atoms with Gasteiger partial charge >= 0.3 is 0 Å². The van der Waals surface area contributed by atoms with Crippen molar-refractivity contribution < 1.29 is 4.74 Å². The highest BCUT2D eigenvalue weighted by Crippen LogP contribution is 2.10. The Bertz CT molecular complexity index is 207. The van der Waals surface area contributed by atoms with Gasteiger partial charge in [0.15, 0.2) is 0 Å². The molecule has 2 heterocycles. The van der Waals surface area contributed by atoms with E-state index in [9.17, 15) is 0 Å². The Morgan fingerprint density at radius 1 is 1.00 bits per heavy atom. The van der Waals surface area contributed by atoms with Crippen molar-refractivity contribution >= 4 is 0 Å². The smallest absolute Gasteiger partial charge is 0.0678 e. The third-order valence-electron chi connectivity index (χ3n) is 3.66. The summed E-state index contributed by atoms with van der Waals surface area (Å²) in [6.07, 6.45) is 2.07. The van der Waals surface area contributed by atoms with Crippen LogP contribution in [0.2, 0.25) is 0 Å². The van der Waals surface area contributed by atoms with E-state index in [1.54, 1.807) is 0 Å². The van der Waals surface area contributed by atoms with Crippen molar-refractivity contribution in [1.82, 2.24) is 15.1 Å². The van der Waals surface area contributed by atoms with E-state index in [1.165, 1.54) is 39.1 Å². The maximum atomic E-state index is 5.76. The molecule has 0 aromatic carbocycles. The summed E-state index contributed by atoms with van der Waals surface area (Å²) in [5.41, 5.74) is 0. The fourth-order valence-corrected chi connectivity index (χ4v) is 2.88. The molecular weight excluding hydrogens is 214 g/mol. The lowest BCUT2D eigenvalue weighted by Crippen LogP contribution is -2.48. The quantitative estimate of drug-likeness (QED) is 0.774. The molecule has 0 spiro atoms. The van der Waals surface area contributed by atoms with Crippen LogP contribution in [-0.4, -0.2) is 74.4 Å². The number of nitrogens with one attached hydrogen (secondary N) is 1. The predicted molar refractivity (Wildman–Crippen MR) is 70.4 cm³/mol. The summed E-state index contributed by atoms with van der Waals surface area (Å²) in [5.74, 6) is 0. The van der Waals surface area contributed by atoms with Crippen LogP contribution in [0.3, 0.4) is 0 Å². The Kier molecular flexibility index (Phi) is 5.22. The van der Waals surface area contributed by atoms with Gasteiger partial charge in [0.25, 0.3) is 0 Å². The molecule has 0 amide bonds. The van der Waals surface area contributed by atoms with Crippen molar-refractivity contribution in [2.24, 2.45) is 0 Å². The summed E-state index contributed by atoms with van der Waals surface area (Å²) in [5, 5.41) is 3.45. The summed E-state index contributed by atoms with van der Waals surface area (Å²) in [7, 11) is 0. The second kappa shape index (κ2) is 6.69. The number of rotatable bonds is 3. The molecule has 4 heteroatoms. The fraction of sp³-hybridized carbons (Fsp3) is 1.00. The zero-order valence-electron chi connectivity index (χ0n) is 11.3.